The number of rotatable bonds is 1. The Labute approximate surface area is 79.0 Å². The molecule has 0 aliphatic carbocycles. The zero-order chi connectivity index (χ0) is 12.3. The highest BCUT2D eigenvalue weighted by atomic mass is 16.6. The van der Waals surface area contributed by atoms with Crippen molar-refractivity contribution in [3.63, 3.8) is 0 Å². The second kappa shape index (κ2) is 11.2. The summed E-state index contributed by atoms with van der Waals surface area (Å²) in [4.78, 5) is 27.0. The van der Waals surface area contributed by atoms with E-state index in [0.29, 0.717) is 0 Å². The molecule has 0 heterocycles. The molecule has 1 atom stereocenters. The third-order valence-corrected chi connectivity index (χ3v) is 0.357. The van der Waals surface area contributed by atoms with E-state index in [2.05, 4.69) is 0 Å². The van der Waals surface area contributed by atoms with Crippen molar-refractivity contribution in [2.75, 3.05) is 0 Å². The molecule has 0 saturated carbocycles. The lowest BCUT2D eigenvalue weighted by Crippen LogP contribution is -2.13. The lowest BCUT2D eigenvalue weighted by atomic mass is 10.4. The molecule has 0 spiro atoms. The average molecular weight is 212 g/mol. The molecule has 14 heavy (non-hydrogen) atoms. The predicted octanol–water partition coefficient (Wildman–Crippen LogP) is -0.235. The van der Waals surface area contributed by atoms with E-state index in [4.69, 9.17) is 35.1 Å². The number of carbonyl (C=O) groups is 3. The van der Waals surface area contributed by atoms with Crippen LogP contribution in [0.3, 0.4) is 0 Å². The molecule has 8 nitrogen and oxygen atoms in total. The molecule has 8 heteroatoms. The van der Waals surface area contributed by atoms with E-state index in [1.54, 1.807) is 0 Å². The Hall–Kier alpha value is -1.83. The second-order valence-electron chi connectivity index (χ2n) is 1.82. The van der Waals surface area contributed by atoms with Crippen LogP contribution in [0.1, 0.15) is 13.8 Å². The molecule has 0 bridgehead atoms. The SMILES string of the molecule is CC(=O)O.CC(O)C(=O)O.O=C(O)O. The van der Waals surface area contributed by atoms with Crippen molar-refractivity contribution in [2.24, 2.45) is 0 Å². The van der Waals surface area contributed by atoms with Crippen LogP contribution in [0.4, 0.5) is 4.79 Å². The number of aliphatic carboxylic acids is 2. The summed E-state index contributed by atoms with van der Waals surface area (Å²) in [6.07, 6.45) is -3.06. The second-order valence-corrected chi connectivity index (χ2v) is 1.82. The number of carboxylic acid groups (broad SMARTS) is 4. The fourth-order valence-electron chi connectivity index (χ4n) is 0. The van der Waals surface area contributed by atoms with Gasteiger partial charge in [-0.3, -0.25) is 4.79 Å². The van der Waals surface area contributed by atoms with Crippen LogP contribution in [0.25, 0.3) is 0 Å². The molecule has 1 unspecified atom stereocenters. The van der Waals surface area contributed by atoms with Crippen LogP contribution < -0.4 is 0 Å². The lowest BCUT2D eigenvalue weighted by Gasteiger charge is -1.89. The molecular weight excluding hydrogens is 200 g/mol. The van der Waals surface area contributed by atoms with Crippen molar-refractivity contribution in [2.45, 2.75) is 20.0 Å². The highest BCUT2D eigenvalue weighted by Gasteiger charge is 2.01. The first kappa shape index (κ1) is 18.1. The first-order valence-corrected chi connectivity index (χ1v) is 3.13. The third kappa shape index (κ3) is 182. The molecule has 0 aliphatic heterocycles. The molecule has 0 amide bonds. The van der Waals surface area contributed by atoms with Crippen molar-refractivity contribution in [3.8, 4) is 0 Å². The zero-order valence-electron chi connectivity index (χ0n) is 7.54. The fraction of sp³-hybridized carbons (Fsp3) is 0.500. The van der Waals surface area contributed by atoms with E-state index in [1.807, 2.05) is 0 Å². The van der Waals surface area contributed by atoms with Gasteiger partial charge in [-0.15, -0.1) is 0 Å². The smallest absolute Gasteiger partial charge is 0.481 e. The Morgan fingerprint density at radius 3 is 1.07 bits per heavy atom. The summed E-state index contributed by atoms with van der Waals surface area (Å²) in [6.45, 7) is 2.28. The van der Waals surface area contributed by atoms with Gasteiger partial charge in [-0.1, -0.05) is 0 Å². The molecule has 0 aromatic heterocycles. The molecule has 0 saturated heterocycles. The largest absolute Gasteiger partial charge is 0.503 e. The quantitative estimate of drug-likeness (QED) is 0.399. The molecule has 5 N–H and O–H groups in total. The first-order chi connectivity index (χ1) is 6.11. The van der Waals surface area contributed by atoms with Crippen LogP contribution in [0.2, 0.25) is 0 Å². The van der Waals surface area contributed by atoms with Crippen LogP contribution >= 0.6 is 0 Å². The predicted molar refractivity (Wildman–Crippen MR) is 43.3 cm³/mol. The van der Waals surface area contributed by atoms with Gasteiger partial charge in [0.2, 0.25) is 0 Å². The van der Waals surface area contributed by atoms with Gasteiger partial charge in [-0.25, -0.2) is 9.59 Å². The third-order valence-electron chi connectivity index (χ3n) is 0.357. The minimum Gasteiger partial charge on any atom is -0.481 e. The lowest BCUT2D eigenvalue weighted by molar-refractivity contribution is -0.145. The van der Waals surface area contributed by atoms with Crippen LogP contribution in [0.5, 0.6) is 0 Å². The molecule has 0 aromatic carbocycles. The van der Waals surface area contributed by atoms with Gasteiger partial charge in [0.25, 0.3) is 5.97 Å². The van der Waals surface area contributed by atoms with E-state index >= 15 is 0 Å². The number of aliphatic hydroxyl groups excluding tert-OH is 1. The van der Waals surface area contributed by atoms with Gasteiger partial charge in [0.1, 0.15) is 6.10 Å². The molecule has 0 aromatic rings. The number of carboxylic acids is 2. The van der Waals surface area contributed by atoms with E-state index < -0.39 is 24.2 Å². The van der Waals surface area contributed by atoms with Crippen LogP contribution in [0, 0.1) is 0 Å². The normalized spacial score (nSPS) is 9.36. The van der Waals surface area contributed by atoms with E-state index in [1.165, 1.54) is 6.92 Å². The Morgan fingerprint density at radius 1 is 1.00 bits per heavy atom. The van der Waals surface area contributed by atoms with Crippen LogP contribution in [0.15, 0.2) is 0 Å². The number of hydrogen-bond acceptors (Lipinski definition) is 4. The minimum absolute atomic E-state index is 0.833. The molecule has 0 aliphatic rings. The average Bonchev–Trinajstić information content (AvgIpc) is 1.83. The maximum absolute atomic E-state index is 9.45. The Bertz CT molecular complexity index is 164. The van der Waals surface area contributed by atoms with Gasteiger partial charge >= 0.3 is 12.1 Å². The maximum atomic E-state index is 9.45. The van der Waals surface area contributed by atoms with Crippen molar-refractivity contribution >= 4 is 18.1 Å². The summed E-state index contributed by atoms with van der Waals surface area (Å²) in [7, 11) is 0. The van der Waals surface area contributed by atoms with Gasteiger partial charge in [-0.05, 0) is 6.92 Å². The number of aliphatic hydroxyl groups is 1. The number of hydrogen-bond donors (Lipinski definition) is 5. The summed E-state index contributed by atoms with van der Waals surface area (Å²) in [5, 5.41) is 37.1. The van der Waals surface area contributed by atoms with Crippen molar-refractivity contribution in [1.82, 2.24) is 0 Å². The van der Waals surface area contributed by atoms with Gasteiger partial charge in [0.15, 0.2) is 0 Å². The van der Waals surface area contributed by atoms with Crippen LogP contribution in [-0.4, -0.2) is 49.7 Å². The molecule has 0 rings (SSSR count). The summed E-state index contributed by atoms with van der Waals surface area (Å²) in [5.74, 6) is -2.02. The standard InChI is InChI=1S/C3H6O3.C2H4O2.CH2O3/c1-2(4)3(5)6;1-2(3)4;2-1(3)4/h2,4H,1H3,(H,5,6);1H3,(H,3,4);(H2,2,3,4). The monoisotopic (exact) mass is 212 g/mol. The topological polar surface area (TPSA) is 152 Å². The van der Waals surface area contributed by atoms with E-state index in [9.17, 15) is 4.79 Å². The molecule has 0 fully saturated rings. The van der Waals surface area contributed by atoms with Crippen LogP contribution in [-0.2, 0) is 9.59 Å². The fourth-order valence-corrected chi connectivity index (χ4v) is 0. The Balaban J connectivity index is -0.000000135. The van der Waals surface area contributed by atoms with Gasteiger partial charge in [0.05, 0.1) is 0 Å². The van der Waals surface area contributed by atoms with Crippen molar-refractivity contribution in [1.29, 1.82) is 0 Å². The van der Waals surface area contributed by atoms with E-state index in [0.717, 1.165) is 6.92 Å². The van der Waals surface area contributed by atoms with Gasteiger partial charge in [-0.2, -0.15) is 0 Å². The van der Waals surface area contributed by atoms with Crippen molar-refractivity contribution < 1.29 is 39.9 Å². The highest BCUT2D eigenvalue weighted by molar-refractivity contribution is 5.71. The Morgan fingerprint density at radius 2 is 1.07 bits per heavy atom. The summed E-state index contributed by atoms with van der Waals surface area (Å²) >= 11 is 0. The highest BCUT2D eigenvalue weighted by Crippen LogP contribution is 1.73. The molecular formula is C6H12O8. The first-order valence-electron chi connectivity index (χ1n) is 3.13. The molecule has 0 radical (unpaired) electrons. The Kier molecular flexibility index (Phi) is 14.4. The summed E-state index contributed by atoms with van der Waals surface area (Å²) < 4.78 is 0. The van der Waals surface area contributed by atoms with Gasteiger partial charge < -0.3 is 25.5 Å². The molecule has 84 valence electrons. The van der Waals surface area contributed by atoms with E-state index in [-0.39, 0.29) is 0 Å². The summed E-state index contributed by atoms with van der Waals surface area (Å²) in [6, 6.07) is 0. The maximum Gasteiger partial charge on any atom is 0.503 e. The van der Waals surface area contributed by atoms with Crippen molar-refractivity contribution in [3.05, 3.63) is 0 Å². The zero-order valence-corrected chi connectivity index (χ0v) is 7.54. The summed E-state index contributed by atoms with van der Waals surface area (Å²) in [5.41, 5.74) is 0. The van der Waals surface area contributed by atoms with Gasteiger partial charge in [0, 0.05) is 6.92 Å². The minimum atomic E-state index is -1.83.